The maximum absolute atomic E-state index is 15.8. The molecule has 1 aromatic heterocycles. The summed E-state index contributed by atoms with van der Waals surface area (Å²) in [7, 11) is 1.88. The van der Waals surface area contributed by atoms with E-state index in [2.05, 4.69) is 26.1 Å². The molecular weight excluding hydrogens is 475 g/mol. The van der Waals surface area contributed by atoms with E-state index in [0.29, 0.717) is 34.4 Å². The number of aromatic nitrogens is 3. The normalized spacial score (nSPS) is 22.5. The first-order valence-electron chi connectivity index (χ1n) is 10.6. The molecule has 1 saturated heterocycles. The number of hydrogen-bond acceptors (Lipinski definition) is 5. The number of carbonyl (C=O) groups is 1. The van der Waals surface area contributed by atoms with Crippen LogP contribution in [0.25, 0.3) is 5.69 Å². The van der Waals surface area contributed by atoms with Crippen LogP contribution in [-0.4, -0.2) is 51.1 Å². The number of carbonyl (C=O) groups excluding carboxylic acids is 1. The molecule has 32 heavy (non-hydrogen) atoms. The third-order valence-corrected chi connectivity index (χ3v) is 7.28. The molecule has 0 radical (unpaired) electrons. The second-order valence-corrected chi connectivity index (χ2v) is 9.51. The molecule has 166 valence electrons. The molecule has 0 aliphatic carbocycles. The van der Waals surface area contributed by atoms with Gasteiger partial charge in [0.25, 0.3) is 5.91 Å². The van der Waals surface area contributed by atoms with Crippen LogP contribution in [0.1, 0.15) is 35.7 Å². The van der Waals surface area contributed by atoms with Gasteiger partial charge in [-0.15, -0.1) is 0 Å². The fraction of sp³-hybridized carbons (Fsp3) is 0.348. The van der Waals surface area contributed by atoms with E-state index in [1.54, 1.807) is 12.4 Å². The zero-order valence-corrected chi connectivity index (χ0v) is 19.8. The van der Waals surface area contributed by atoms with Crippen molar-refractivity contribution in [1.82, 2.24) is 19.9 Å². The number of benzene rings is 2. The van der Waals surface area contributed by atoms with Gasteiger partial charge in [-0.05, 0) is 66.9 Å². The van der Waals surface area contributed by atoms with Crippen molar-refractivity contribution in [2.24, 2.45) is 0 Å². The minimum absolute atomic E-state index is 0.141. The Morgan fingerprint density at radius 3 is 2.66 bits per heavy atom. The number of para-hydroxylation sites is 1. The molecular formula is C23H24BrFN6O. The Morgan fingerprint density at radius 1 is 1.19 bits per heavy atom. The Hall–Kier alpha value is -2.94. The van der Waals surface area contributed by atoms with Crippen LogP contribution < -0.4 is 10.0 Å². The van der Waals surface area contributed by atoms with Gasteiger partial charge < -0.3 is 9.80 Å². The highest BCUT2D eigenvalue weighted by molar-refractivity contribution is 9.10. The van der Waals surface area contributed by atoms with Crippen molar-refractivity contribution in [3.63, 3.8) is 0 Å². The van der Waals surface area contributed by atoms with Crippen LogP contribution >= 0.6 is 15.9 Å². The molecule has 5 rings (SSSR count). The molecule has 0 saturated carbocycles. The topological polar surface area (TPSA) is 57.5 Å². The number of nitrogens with zero attached hydrogens (tertiary/aromatic N) is 6. The third kappa shape index (κ3) is 3.02. The molecule has 2 aliphatic rings. The number of aryl methyl sites for hydroxylation is 1. The number of amides is 1. The Kier molecular flexibility index (Phi) is 4.96. The van der Waals surface area contributed by atoms with Gasteiger partial charge >= 0.3 is 0 Å². The standard InChI is InChI=1S/C23H24BrFN6O/c1-15-8-9-18(31-26-11-12-27-31)16(14-15)21(32)29-13-5-10-23(29,2)22-28(3)19-7-4-6-17(24)20(19)30(22)25/h4,6-9,11-12,14,22H,5,10,13H2,1-3H3/t22-,23?/m0/s1. The van der Waals surface area contributed by atoms with E-state index >= 15 is 4.48 Å². The second-order valence-electron chi connectivity index (χ2n) is 8.66. The molecule has 1 unspecified atom stereocenters. The van der Waals surface area contributed by atoms with E-state index in [1.807, 2.05) is 67.1 Å². The van der Waals surface area contributed by atoms with E-state index in [4.69, 9.17) is 0 Å². The molecule has 2 aliphatic heterocycles. The minimum Gasteiger partial charge on any atom is -0.348 e. The largest absolute Gasteiger partial charge is 0.348 e. The molecule has 1 fully saturated rings. The lowest BCUT2D eigenvalue weighted by molar-refractivity contribution is 0.0539. The summed E-state index contributed by atoms with van der Waals surface area (Å²) < 4.78 is 16.5. The van der Waals surface area contributed by atoms with Crippen LogP contribution in [0.5, 0.6) is 0 Å². The number of halogens is 2. The highest BCUT2D eigenvalue weighted by Crippen LogP contribution is 2.49. The van der Waals surface area contributed by atoms with Crippen molar-refractivity contribution in [2.75, 3.05) is 23.6 Å². The predicted molar refractivity (Wildman–Crippen MR) is 125 cm³/mol. The highest BCUT2D eigenvalue weighted by Gasteiger charge is 2.54. The maximum atomic E-state index is 15.8. The molecule has 2 atom stereocenters. The SMILES string of the molecule is Cc1ccc(-n2nccn2)c(C(=O)N2CCCC2(C)[C@H]2N(C)c3cccc(Br)c3N2F)c1. The van der Waals surface area contributed by atoms with Gasteiger partial charge in [0.15, 0.2) is 6.17 Å². The quantitative estimate of drug-likeness (QED) is 0.497. The maximum Gasteiger partial charge on any atom is 0.256 e. The van der Waals surface area contributed by atoms with Gasteiger partial charge in [0, 0.05) is 18.1 Å². The molecule has 0 spiro atoms. The smallest absolute Gasteiger partial charge is 0.256 e. The summed E-state index contributed by atoms with van der Waals surface area (Å²) in [6, 6.07) is 11.3. The van der Waals surface area contributed by atoms with Crippen LogP contribution in [0.3, 0.4) is 0 Å². The van der Waals surface area contributed by atoms with Gasteiger partial charge in [0.2, 0.25) is 0 Å². The van der Waals surface area contributed by atoms with E-state index in [-0.39, 0.29) is 5.91 Å². The fourth-order valence-corrected chi connectivity index (χ4v) is 5.66. The van der Waals surface area contributed by atoms with Crippen molar-refractivity contribution < 1.29 is 9.28 Å². The van der Waals surface area contributed by atoms with Gasteiger partial charge in [0.05, 0.1) is 34.9 Å². The Balaban J connectivity index is 1.56. The van der Waals surface area contributed by atoms with Gasteiger partial charge in [-0.3, -0.25) is 4.79 Å². The number of anilines is 2. The predicted octanol–water partition coefficient (Wildman–Crippen LogP) is 4.50. The van der Waals surface area contributed by atoms with Crippen molar-refractivity contribution in [1.29, 1.82) is 0 Å². The van der Waals surface area contributed by atoms with E-state index < -0.39 is 11.7 Å². The van der Waals surface area contributed by atoms with Crippen LogP contribution in [0.2, 0.25) is 0 Å². The lowest BCUT2D eigenvalue weighted by Gasteiger charge is -2.44. The molecule has 0 N–H and O–H groups in total. The molecule has 9 heteroatoms. The minimum atomic E-state index is -0.738. The second kappa shape index (κ2) is 7.58. The van der Waals surface area contributed by atoms with Crippen LogP contribution in [0.15, 0.2) is 53.3 Å². The summed E-state index contributed by atoms with van der Waals surface area (Å²) in [6.07, 6.45) is 4.02. The molecule has 7 nitrogen and oxygen atoms in total. The zero-order valence-electron chi connectivity index (χ0n) is 18.2. The average molecular weight is 499 g/mol. The first kappa shape index (κ1) is 20.9. The average Bonchev–Trinajstić information content (AvgIpc) is 3.48. The molecule has 3 aromatic rings. The van der Waals surface area contributed by atoms with Crippen molar-refractivity contribution in [3.8, 4) is 5.69 Å². The van der Waals surface area contributed by atoms with Crippen molar-refractivity contribution in [2.45, 2.75) is 38.4 Å². The summed E-state index contributed by atoms with van der Waals surface area (Å²) in [5, 5.41) is 9.23. The fourth-order valence-electron chi connectivity index (χ4n) is 5.14. The van der Waals surface area contributed by atoms with Crippen molar-refractivity contribution >= 4 is 33.2 Å². The van der Waals surface area contributed by atoms with Crippen LogP contribution in [0, 0.1) is 6.92 Å². The molecule has 2 aromatic carbocycles. The third-order valence-electron chi connectivity index (χ3n) is 6.64. The Bertz CT molecular complexity index is 1190. The summed E-state index contributed by atoms with van der Waals surface area (Å²) >= 11 is 3.48. The molecule has 1 amide bonds. The summed E-state index contributed by atoms with van der Waals surface area (Å²) in [4.78, 5) is 19.1. The Labute approximate surface area is 194 Å². The molecule has 3 heterocycles. The van der Waals surface area contributed by atoms with Gasteiger partial charge in [0.1, 0.15) is 5.69 Å². The lowest BCUT2D eigenvalue weighted by Crippen LogP contribution is -2.62. The summed E-state index contributed by atoms with van der Waals surface area (Å²) in [6.45, 7) is 4.49. The van der Waals surface area contributed by atoms with Gasteiger partial charge in [-0.2, -0.15) is 20.1 Å². The number of fused-ring (bicyclic) bond motifs is 1. The van der Waals surface area contributed by atoms with Gasteiger partial charge in [-0.25, -0.2) is 0 Å². The van der Waals surface area contributed by atoms with Crippen LogP contribution in [0.4, 0.5) is 15.9 Å². The highest BCUT2D eigenvalue weighted by atomic mass is 79.9. The van der Waals surface area contributed by atoms with Gasteiger partial charge in [-0.1, -0.05) is 22.2 Å². The van der Waals surface area contributed by atoms with Crippen molar-refractivity contribution in [3.05, 3.63) is 64.4 Å². The molecule has 0 bridgehead atoms. The first-order valence-corrected chi connectivity index (χ1v) is 11.4. The van der Waals surface area contributed by atoms with Crippen LogP contribution in [-0.2, 0) is 0 Å². The Morgan fingerprint density at radius 2 is 1.94 bits per heavy atom. The number of hydrogen-bond donors (Lipinski definition) is 0. The number of rotatable bonds is 3. The van der Waals surface area contributed by atoms with E-state index in [0.717, 1.165) is 22.8 Å². The van der Waals surface area contributed by atoms with E-state index in [9.17, 15) is 4.79 Å². The lowest BCUT2D eigenvalue weighted by atomic mass is 9.93. The summed E-state index contributed by atoms with van der Waals surface area (Å²) in [5.41, 5.74) is 2.65. The number of likely N-dealkylation sites (N-methyl/N-ethyl adjacent to an activating group) is 1. The zero-order chi connectivity index (χ0) is 22.6. The number of likely N-dealkylation sites (tertiary alicyclic amines) is 1. The first-order chi connectivity index (χ1) is 15.3. The monoisotopic (exact) mass is 498 g/mol. The summed E-state index contributed by atoms with van der Waals surface area (Å²) in [5.74, 6) is -0.141. The van der Waals surface area contributed by atoms with E-state index in [1.165, 1.54) is 4.80 Å².